The third-order valence-corrected chi connectivity index (χ3v) is 5.43. The van der Waals surface area contributed by atoms with Crippen molar-refractivity contribution in [3.63, 3.8) is 0 Å². The highest BCUT2D eigenvalue weighted by atomic mass is 16.3. The van der Waals surface area contributed by atoms with Crippen LogP contribution in [0.4, 0.5) is 0 Å². The van der Waals surface area contributed by atoms with Crippen LogP contribution in [0, 0.1) is 16.7 Å². The molecule has 0 amide bonds. The molecule has 0 aromatic heterocycles. The quantitative estimate of drug-likeness (QED) is 0.761. The molecule has 2 rings (SSSR count). The molecule has 2 aliphatic rings. The van der Waals surface area contributed by atoms with Gasteiger partial charge in [0.15, 0.2) is 0 Å². The molecule has 2 nitrogen and oxygen atoms in total. The highest BCUT2D eigenvalue weighted by Gasteiger charge is 2.46. The Morgan fingerprint density at radius 2 is 1.78 bits per heavy atom. The van der Waals surface area contributed by atoms with Gasteiger partial charge in [-0.15, -0.1) is 0 Å². The van der Waals surface area contributed by atoms with Gasteiger partial charge in [0.1, 0.15) is 0 Å². The van der Waals surface area contributed by atoms with Crippen LogP contribution in [0.1, 0.15) is 71.1 Å². The molecule has 3 atom stereocenters. The van der Waals surface area contributed by atoms with Crippen LogP contribution >= 0.6 is 0 Å². The van der Waals surface area contributed by atoms with E-state index in [0.717, 1.165) is 18.8 Å². The highest BCUT2D eigenvalue weighted by molar-refractivity contribution is 4.98. The molecule has 0 aliphatic heterocycles. The fourth-order valence-corrected chi connectivity index (χ4v) is 5.06. The maximum Gasteiger partial charge on any atom is 0.0431 e. The van der Waals surface area contributed by atoms with Gasteiger partial charge in [-0.3, -0.25) is 0 Å². The average molecular weight is 254 g/mol. The van der Waals surface area contributed by atoms with Crippen LogP contribution in [-0.4, -0.2) is 23.4 Å². The number of aliphatic hydroxyl groups excluding tert-OH is 2. The molecule has 2 fully saturated rings. The molecule has 3 unspecified atom stereocenters. The minimum atomic E-state index is 0.337. The van der Waals surface area contributed by atoms with Crippen molar-refractivity contribution in [3.05, 3.63) is 0 Å². The molecule has 0 radical (unpaired) electrons. The van der Waals surface area contributed by atoms with Crippen molar-refractivity contribution in [1.29, 1.82) is 0 Å². The number of rotatable bonds is 6. The topological polar surface area (TPSA) is 40.5 Å². The van der Waals surface area contributed by atoms with Crippen LogP contribution in [0.15, 0.2) is 0 Å². The van der Waals surface area contributed by atoms with Gasteiger partial charge in [-0.05, 0) is 68.1 Å². The van der Waals surface area contributed by atoms with Crippen LogP contribution in [0.2, 0.25) is 0 Å². The summed E-state index contributed by atoms with van der Waals surface area (Å²) < 4.78 is 0. The summed E-state index contributed by atoms with van der Waals surface area (Å²) in [5.41, 5.74) is 0.968. The van der Waals surface area contributed by atoms with E-state index in [1.54, 1.807) is 0 Å². The van der Waals surface area contributed by atoms with E-state index in [0.29, 0.717) is 24.0 Å². The zero-order chi connectivity index (χ0) is 13.1. The van der Waals surface area contributed by atoms with Gasteiger partial charge >= 0.3 is 0 Å². The largest absolute Gasteiger partial charge is 0.396 e. The Labute approximate surface area is 112 Å². The van der Waals surface area contributed by atoms with E-state index in [2.05, 4.69) is 6.92 Å². The first-order valence-electron chi connectivity index (χ1n) is 7.83. The number of hydrogen-bond donors (Lipinski definition) is 2. The lowest BCUT2D eigenvalue weighted by molar-refractivity contribution is -0.0244. The minimum absolute atomic E-state index is 0.337. The summed E-state index contributed by atoms with van der Waals surface area (Å²) in [7, 11) is 0. The summed E-state index contributed by atoms with van der Waals surface area (Å²) >= 11 is 0. The van der Waals surface area contributed by atoms with Crippen molar-refractivity contribution >= 4 is 0 Å². The van der Waals surface area contributed by atoms with Gasteiger partial charge < -0.3 is 10.2 Å². The second kappa shape index (κ2) is 5.92. The van der Waals surface area contributed by atoms with Crippen molar-refractivity contribution in [1.82, 2.24) is 0 Å². The number of aliphatic hydroxyl groups is 2. The van der Waals surface area contributed by atoms with Crippen molar-refractivity contribution in [2.75, 3.05) is 13.2 Å². The fraction of sp³-hybridized carbons (Fsp3) is 1.00. The molecule has 0 spiro atoms. The Kier molecular flexibility index (Phi) is 4.71. The predicted molar refractivity (Wildman–Crippen MR) is 74.4 cm³/mol. The predicted octanol–water partition coefficient (Wildman–Crippen LogP) is 3.51. The molecule has 2 saturated carbocycles. The summed E-state index contributed by atoms with van der Waals surface area (Å²) in [5, 5.41) is 18.2. The minimum Gasteiger partial charge on any atom is -0.396 e. The first kappa shape index (κ1) is 14.3. The Balaban J connectivity index is 2.04. The summed E-state index contributed by atoms with van der Waals surface area (Å²) in [6.07, 6.45) is 12.6. The van der Waals surface area contributed by atoms with Gasteiger partial charge in [0.2, 0.25) is 0 Å². The molecule has 106 valence electrons. The van der Waals surface area contributed by atoms with Crippen LogP contribution < -0.4 is 0 Å². The SMILES string of the molecule is CC1(CCCO)CC2CCCC(CCCO)(C2)C1. The van der Waals surface area contributed by atoms with Gasteiger partial charge in [0.05, 0.1) is 0 Å². The molecule has 2 aliphatic carbocycles. The Hall–Kier alpha value is -0.0800. The highest BCUT2D eigenvalue weighted by Crippen LogP contribution is 2.58. The summed E-state index contributed by atoms with van der Waals surface area (Å²) in [4.78, 5) is 0. The van der Waals surface area contributed by atoms with Crippen molar-refractivity contribution in [2.24, 2.45) is 16.7 Å². The lowest BCUT2D eigenvalue weighted by atomic mass is 9.52. The Morgan fingerprint density at radius 3 is 2.50 bits per heavy atom. The monoisotopic (exact) mass is 254 g/mol. The van der Waals surface area contributed by atoms with E-state index in [4.69, 9.17) is 10.2 Å². The van der Waals surface area contributed by atoms with Crippen LogP contribution in [-0.2, 0) is 0 Å². The van der Waals surface area contributed by atoms with E-state index >= 15 is 0 Å². The first-order chi connectivity index (χ1) is 8.61. The Bertz CT molecular complexity index is 264. The number of hydrogen-bond acceptors (Lipinski definition) is 2. The standard InChI is InChI=1S/C16H30O2/c1-15(6-3-9-17)11-14-5-2-7-16(12-14,13-15)8-4-10-18/h14,17-18H,2-13H2,1H3. The van der Waals surface area contributed by atoms with Gasteiger partial charge in [0, 0.05) is 13.2 Å². The van der Waals surface area contributed by atoms with Gasteiger partial charge in [-0.1, -0.05) is 19.8 Å². The second-order valence-electron chi connectivity index (χ2n) is 7.31. The molecular weight excluding hydrogens is 224 g/mol. The third-order valence-electron chi connectivity index (χ3n) is 5.43. The maximum absolute atomic E-state index is 9.13. The van der Waals surface area contributed by atoms with Gasteiger partial charge in [-0.2, -0.15) is 0 Å². The molecule has 0 heterocycles. The van der Waals surface area contributed by atoms with Crippen LogP contribution in [0.5, 0.6) is 0 Å². The number of fused-ring (bicyclic) bond motifs is 2. The van der Waals surface area contributed by atoms with E-state index in [-0.39, 0.29) is 0 Å². The first-order valence-corrected chi connectivity index (χ1v) is 7.83. The van der Waals surface area contributed by atoms with Crippen molar-refractivity contribution < 1.29 is 10.2 Å². The van der Waals surface area contributed by atoms with Crippen LogP contribution in [0.3, 0.4) is 0 Å². The molecule has 0 aromatic carbocycles. The maximum atomic E-state index is 9.13. The molecule has 18 heavy (non-hydrogen) atoms. The molecule has 0 aromatic rings. The fourth-order valence-electron chi connectivity index (χ4n) is 5.06. The molecule has 2 N–H and O–H groups in total. The molecular formula is C16H30O2. The smallest absolute Gasteiger partial charge is 0.0431 e. The zero-order valence-corrected chi connectivity index (χ0v) is 12.0. The lowest BCUT2D eigenvalue weighted by Gasteiger charge is -2.53. The zero-order valence-electron chi connectivity index (χ0n) is 12.0. The van der Waals surface area contributed by atoms with E-state index < -0.39 is 0 Å². The summed E-state index contributed by atoms with van der Waals surface area (Å²) in [6, 6.07) is 0. The molecule has 0 saturated heterocycles. The van der Waals surface area contributed by atoms with E-state index in [1.165, 1.54) is 51.4 Å². The van der Waals surface area contributed by atoms with Gasteiger partial charge in [-0.25, -0.2) is 0 Å². The lowest BCUT2D eigenvalue weighted by Crippen LogP contribution is -2.42. The average Bonchev–Trinajstić information content (AvgIpc) is 2.33. The summed E-state index contributed by atoms with van der Waals surface area (Å²) in [5.74, 6) is 0.912. The third kappa shape index (κ3) is 3.27. The molecule has 2 heteroatoms. The van der Waals surface area contributed by atoms with E-state index in [9.17, 15) is 0 Å². The van der Waals surface area contributed by atoms with Gasteiger partial charge in [0.25, 0.3) is 0 Å². The van der Waals surface area contributed by atoms with Crippen LogP contribution in [0.25, 0.3) is 0 Å². The molecule has 2 bridgehead atoms. The Morgan fingerprint density at radius 1 is 1.06 bits per heavy atom. The van der Waals surface area contributed by atoms with E-state index in [1.807, 2.05) is 0 Å². The summed E-state index contributed by atoms with van der Waals surface area (Å²) in [6.45, 7) is 3.12. The normalized spacial score (nSPS) is 39.8. The second-order valence-corrected chi connectivity index (χ2v) is 7.31. The van der Waals surface area contributed by atoms with Crippen molar-refractivity contribution in [3.8, 4) is 0 Å². The van der Waals surface area contributed by atoms with Crippen molar-refractivity contribution in [2.45, 2.75) is 71.1 Å².